The minimum Gasteiger partial charge on any atom is -0.359 e. The molecule has 108 valence electrons. The molecule has 3 aromatic rings. The van der Waals surface area contributed by atoms with Crippen LogP contribution in [0.1, 0.15) is 18.4 Å². The summed E-state index contributed by atoms with van der Waals surface area (Å²) in [5.41, 5.74) is 1.75. The Hall–Kier alpha value is -1.77. The highest BCUT2D eigenvalue weighted by atomic mass is 127. The summed E-state index contributed by atoms with van der Waals surface area (Å²) in [6.45, 7) is 2.51. The number of hydrogen-bond acceptors (Lipinski definition) is 4. The fourth-order valence-electron chi connectivity index (χ4n) is 2.01. The van der Waals surface area contributed by atoms with E-state index in [0.717, 1.165) is 27.0 Å². The van der Waals surface area contributed by atoms with Crippen molar-refractivity contribution in [3.8, 4) is 11.4 Å². The summed E-state index contributed by atoms with van der Waals surface area (Å²) in [4.78, 5) is 0. The van der Waals surface area contributed by atoms with Crippen molar-refractivity contribution in [2.45, 2.75) is 19.9 Å². The lowest BCUT2D eigenvalue weighted by Gasteiger charge is -2.06. The van der Waals surface area contributed by atoms with Crippen LogP contribution in [-0.2, 0) is 13.0 Å². The van der Waals surface area contributed by atoms with Crippen molar-refractivity contribution in [2.75, 3.05) is 0 Å². The molecule has 0 saturated carbocycles. The number of halogens is 2. The van der Waals surface area contributed by atoms with Crippen molar-refractivity contribution < 1.29 is 8.91 Å². The zero-order valence-electron chi connectivity index (χ0n) is 11.3. The lowest BCUT2D eigenvalue weighted by atomic mass is 10.2. The molecule has 0 aliphatic heterocycles. The molecule has 0 atom stereocenters. The van der Waals surface area contributed by atoms with Gasteiger partial charge in [0.2, 0.25) is 0 Å². The summed E-state index contributed by atoms with van der Waals surface area (Å²) in [5.74, 6) is 1.15. The summed E-state index contributed by atoms with van der Waals surface area (Å²) in [5, 5.41) is 12.0. The fraction of sp³-hybridized carbons (Fsp3) is 0.214. The molecule has 0 amide bonds. The Morgan fingerprint density at radius 2 is 2.19 bits per heavy atom. The molecular weight excluding hydrogens is 386 g/mol. The van der Waals surface area contributed by atoms with Gasteiger partial charge >= 0.3 is 0 Å². The van der Waals surface area contributed by atoms with Crippen LogP contribution in [0.25, 0.3) is 11.4 Å². The van der Waals surface area contributed by atoms with Crippen LogP contribution in [0.3, 0.4) is 0 Å². The highest BCUT2D eigenvalue weighted by Gasteiger charge is 2.13. The van der Waals surface area contributed by atoms with E-state index in [1.165, 1.54) is 12.1 Å². The first-order valence-electron chi connectivity index (χ1n) is 6.45. The van der Waals surface area contributed by atoms with Gasteiger partial charge in [0.15, 0.2) is 11.6 Å². The average molecular weight is 398 g/mol. The first-order valence-corrected chi connectivity index (χ1v) is 7.53. The molecule has 5 nitrogen and oxygen atoms in total. The molecule has 1 aromatic carbocycles. The zero-order chi connectivity index (χ0) is 14.8. The van der Waals surface area contributed by atoms with Crippen molar-refractivity contribution in [2.24, 2.45) is 0 Å². The van der Waals surface area contributed by atoms with Gasteiger partial charge in [-0.3, -0.25) is 0 Å². The van der Waals surface area contributed by atoms with Crippen LogP contribution in [-0.4, -0.2) is 19.9 Å². The molecule has 0 spiro atoms. The van der Waals surface area contributed by atoms with Crippen molar-refractivity contribution in [1.82, 2.24) is 19.9 Å². The number of hydrogen-bond donors (Lipinski definition) is 0. The Kier molecular flexibility index (Phi) is 4.00. The summed E-state index contributed by atoms with van der Waals surface area (Å²) < 4.78 is 21.1. The molecule has 0 bridgehead atoms. The van der Waals surface area contributed by atoms with Gasteiger partial charge in [-0.05, 0) is 47.2 Å². The van der Waals surface area contributed by atoms with Gasteiger partial charge in [-0.25, -0.2) is 4.39 Å². The SMILES string of the molecule is CCc1cc(Cn2cnnc2-c2ccc(F)cc2I)on1. The highest BCUT2D eigenvalue weighted by Crippen LogP contribution is 2.24. The second kappa shape index (κ2) is 5.92. The summed E-state index contributed by atoms with van der Waals surface area (Å²) in [6, 6.07) is 6.51. The normalized spacial score (nSPS) is 11.0. The zero-order valence-corrected chi connectivity index (χ0v) is 13.4. The molecule has 2 heterocycles. The molecular formula is C14H12FIN4O. The van der Waals surface area contributed by atoms with Crippen molar-refractivity contribution >= 4 is 22.6 Å². The number of nitrogens with zero attached hydrogens (tertiary/aromatic N) is 4. The summed E-state index contributed by atoms with van der Waals surface area (Å²) >= 11 is 2.09. The predicted molar refractivity (Wildman–Crippen MR) is 83.1 cm³/mol. The molecule has 2 aromatic heterocycles. The first-order chi connectivity index (χ1) is 10.2. The number of aryl methyl sites for hydroxylation is 1. The standard InChI is InChI=1S/C14H12FIN4O/c1-2-10-6-11(21-19-10)7-20-8-17-18-14(20)12-4-3-9(15)5-13(12)16/h3-6,8H,2,7H2,1H3. The van der Waals surface area contributed by atoms with Gasteiger partial charge in [-0.15, -0.1) is 10.2 Å². The maximum atomic E-state index is 13.2. The molecule has 0 saturated heterocycles. The molecule has 0 aliphatic carbocycles. The lowest BCUT2D eigenvalue weighted by molar-refractivity contribution is 0.371. The first kappa shape index (κ1) is 14.2. The number of benzene rings is 1. The molecule has 0 fully saturated rings. The van der Waals surface area contributed by atoms with Crippen molar-refractivity contribution in [1.29, 1.82) is 0 Å². The van der Waals surface area contributed by atoms with E-state index in [9.17, 15) is 4.39 Å². The minimum absolute atomic E-state index is 0.267. The third-order valence-electron chi connectivity index (χ3n) is 3.08. The van der Waals surface area contributed by atoms with Crippen LogP contribution < -0.4 is 0 Å². The molecule has 21 heavy (non-hydrogen) atoms. The topological polar surface area (TPSA) is 56.7 Å². The van der Waals surface area contributed by atoms with Crippen LogP contribution in [0.2, 0.25) is 0 Å². The largest absolute Gasteiger partial charge is 0.359 e. The average Bonchev–Trinajstić information content (AvgIpc) is 3.09. The van der Waals surface area contributed by atoms with Gasteiger partial charge < -0.3 is 9.09 Å². The maximum absolute atomic E-state index is 13.2. The quantitative estimate of drug-likeness (QED) is 0.633. The Labute approximate surface area is 134 Å². The maximum Gasteiger partial charge on any atom is 0.165 e. The number of rotatable bonds is 4. The van der Waals surface area contributed by atoms with Gasteiger partial charge in [0.25, 0.3) is 0 Å². The van der Waals surface area contributed by atoms with Gasteiger partial charge in [-0.1, -0.05) is 12.1 Å². The lowest BCUT2D eigenvalue weighted by Crippen LogP contribution is -2.01. The van der Waals surface area contributed by atoms with Crippen LogP contribution in [0, 0.1) is 9.39 Å². The van der Waals surface area contributed by atoms with Crippen LogP contribution in [0.15, 0.2) is 35.1 Å². The number of aromatic nitrogens is 4. The Morgan fingerprint density at radius 1 is 1.33 bits per heavy atom. The van der Waals surface area contributed by atoms with Gasteiger partial charge in [0, 0.05) is 15.2 Å². The van der Waals surface area contributed by atoms with Crippen LogP contribution in [0.4, 0.5) is 4.39 Å². The summed E-state index contributed by atoms with van der Waals surface area (Å²) in [6.07, 6.45) is 2.46. The Morgan fingerprint density at radius 3 is 2.90 bits per heavy atom. The van der Waals surface area contributed by atoms with Crippen molar-refractivity contribution in [3.63, 3.8) is 0 Å². The van der Waals surface area contributed by atoms with E-state index in [4.69, 9.17) is 4.52 Å². The second-order valence-electron chi connectivity index (χ2n) is 4.54. The Bertz CT molecular complexity index is 768. The van der Waals surface area contributed by atoms with E-state index in [2.05, 4.69) is 37.9 Å². The van der Waals surface area contributed by atoms with Crippen LogP contribution in [0.5, 0.6) is 0 Å². The van der Waals surface area contributed by atoms with E-state index in [1.807, 2.05) is 17.6 Å². The van der Waals surface area contributed by atoms with Gasteiger partial charge in [0.05, 0.1) is 12.2 Å². The molecule has 3 rings (SSSR count). The molecule has 7 heteroatoms. The molecule has 0 aliphatic rings. The predicted octanol–water partition coefficient (Wildman–Crippen LogP) is 3.29. The highest BCUT2D eigenvalue weighted by molar-refractivity contribution is 14.1. The van der Waals surface area contributed by atoms with Gasteiger partial charge in [-0.2, -0.15) is 0 Å². The van der Waals surface area contributed by atoms with Crippen molar-refractivity contribution in [3.05, 3.63) is 51.4 Å². The molecule has 0 unspecified atom stereocenters. The monoisotopic (exact) mass is 398 g/mol. The third-order valence-corrected chi connectivity index (χ3v) is 3.98. The minimum atomic E-state index is -0.267. The van der Waals surface area contributed by atoms with E-state index < -0.39 is 0 Å². The van der Waals surface area contributed by atoms with E-state index in [-0.39, 0.29) is 5.82 Å². The molecule has 0 radical (unpaired) electrons. The third kappa shape index (κ3) is 2.97. The molecule has 0 N–H and O–H groups in total. The van der Waals surface area contributed by atoms with Gasteiger partial charge in [0.1, 0.15) is 12.1 Å². The smallest absolute Gasteiger partial charge is 0.165 e. The summed E-state index contributed by atoms with van der Waals surface area (Å²) in [7, 11) is 0. The fourth-order valence-corrected chi connectivity index (χ4v) is 2.73. The van der Waals surface area contributed by atoms with E-state index in [0.29, 0.717) is 12.4 Å². The second-order valence-corrected chi connectivity index (χ2v) is 5.71. The van der Waals surface area contributed by atoms with E-state index in [1.54, 1.807) is 12.4 Å². The van der Waals surface area contributed by atoms with Crippen LogP contribution >= 0.6 is 22.6 Å². The van der Waals surface area contributed by atoms with E-state index >= 15 is 0 Å². The Balaban J connectivity index is 1.93.